The van der Waals surface area contributed by atoms with Gasteiger partial charge in [0.2, 0.25) is 0 Å². The van der Waals surface area contributed by atoms with Crippen LogP contribution in [0.15, 0.2) is 0 Å². The van der Waals surface area contributed by atoms with Crippen molar-refractivity contribution in [3.05, 3.63) is 0 Å². The molecule has 0 aromatic rings. The Morgan fingerprint density at radius 2 is 0.587 bits per heavy atom. The van der Waals surface area contributed by atoms with Crippen molar-refractivity contribution < 1.29 is 102 Å². The summed E-state index contributed by atoms with van der Waals surface area (Å²) in [6.45, 7) is -0.372. The second-order valence-electron chi connectivity index (χ2n) is 8.70. The first kappa shape index (κ1) is 60.1. The van der Waals surface area contributed by atoms with Crippen molar-refractivity contribution in [1.82, 2.24) is 0 Å². The molecular formula is C26H64O20. The molecule has 0 fully saturated rings. The first-order chi connectivity index (χ1) is 21.6. The number of aliphatic hydroxyl groups is 18. The quantitative estimate of drug-likeness (QED) is 0.0671. The van der Waals surface area contributed by atoms with Crippen molar-refractivity contribution in [2.45, 2.75) is 76.2 Å². The second-order valence-corrected chi connectivity index (χ2v) is 8.70. The number of hydrogen-bond acceptors (Lipinski definition) is 19. The lowest BCUT2D eigenvalue weighted by atomic mass is 10.00. The largest absolute Gasteiger partial charge is 0.481 e. The predicted molar refractivity (Wildman–Crippen MR) is 162 cm³/mol. The topological polar surface area (TPSA) is 401 Å². The van der Waals surface area contributed by atoms with Gasteiger partial charge in [-0.25, -0.2) is 0 Å². The number of aliphatic carboxylic acids is 1. The number of hydrogen-bond donors (Lipinski definition) is 19. The van der Waals surface area contributed by atoms with E-state index in [2.05, 4.69) is 6.92 Å². The van der Waals surface area contributed by atoms with E-state index in [0.29, 0.717) is 0 Å². The summed E-state index contributed by atoms with van der Waals surface area (Å²) in [7, 11) is 0. The Kier molecular flexibility index (Phi) is 69.6. The molecule has 1 atom stereocenters. The van der Waals surface area contributed by atoms with Crippen LogP contribution in [0.3, 0.4) is 0 Å². The zero-order valence-corrected chi connectivity index (χ0v) is 26.8. The Labute approximate surface area is 269 Å². The van der Waals surface area contributed by atoms with Crippen LogP contribution in [0, 0.1) is 5.92 Å². The average molecular weight is 697 g/mol. The van der Waals surface area contributed by atoms with Crippen LogP contribution in [0.5, 0.6) is 0 Å². The van der Waals surface area contributed by atoms with Crippen LogP contribution < -0.4 is 0 Å². The van der Waals surface area contributed by atoms with Gasteiger partial charge in [0.25, 0.3) is 0 Å². The summed E-state index contributed by atoms with van der Waals surface area (Å²) in [5.41, 5.74) is 0. The van der Waals surface area contributed by atoms with E-state index in [-0.39, 0.29) is 85.2 Å². The fourth-order valence-electron chi connectivity index (χ4n) is 1.30. The van der Waals surface area contributed by atoms with Crippen LogP contribution >= 0.6 is 0 Å². The van der Waals surface area contributed by atoms with Gasteiger partial charge in [-0.3, -0.25) is 4.79 Å². The molecular weight excluding hydrogens is 632 g/mol. The number of aliphatic hydroxyl groups excluding tert-OH is 18. The third-order valence-electron chi connectivity index (χ3n) is 4.28. The third kappa shape index (κ3) is 69.5. The number of carbonyl (C=O) groups is 1. The van der Waals surface area contributed by atoms with E-state index in [1.54, 1.807) is 0 Å². The molecule has 0 spiro atoms. The van der Waals surface area contributed by atoms with Gasteiger partial charge in [0.15, 0.2) is 0 Å². The van der Waals surface area contributed by atoms with Gasteiger partial charge in [0.05, 0.1) is 85.2 Å². The maximum Gasteiger partial charge on any atom is 0.306 e. The molecule has 0 aliphatic heterocycles. The van der Waals surface area contributed by atoms with Gasteiger partial charge in [-0.1, -0.05) is 26.7 Å². The van der Waals surface area contributed by atoms with Gasteiger partial charge in [0.1, 0.15) is 36.6 Å². The summed E-state index contributed by atoms with van der Waals surface area (Å²) in [5.74, 6) is -0.754. The van der Waals surface area contributed by atoms with Crippen molar-refractivity contribution in [3.8, 4) is 0 Å². The normalized spacial score (nSPS) is 10.7. The monoisotopic (exact) mass is 696 g/mol. The second kappa shape index (κ2) is 53.2. The van der Waals surface area contributed by atoms with Gasteiger partial charge in [-0.05, 0) is 12.8 Å². The fraction of sp³-hybridized carbons (Fsp3) is 0.962. The van der Waals surface area contributed by atoms with Gasteiger partial charge < -0.3 is 97.0 Å². The molecule has 0 heterocycles. The highest BCUT2D eigenvalue weighted by Gasteiger charge is 2.12. The van der Waals surface area contributed by atoms with E-state index >= 15 is 0 Å². The molecule has 0 bridgehead atoms. The summed E-state index contributed by atoms with van der Waals surface area (Å²) < 4.78 is 0. The number of unbranched alkanes of at least 4 members (excludes halogenated alkanes) is 1. The van der Waals surface area contributed by atoms with Gasteiger partial charge in [-0.2, -0.15) is 0 Å². The molecule has 0 saturated carbocycles. The SMILES string of the molecule is CCCCC(CC)C(=O)O.OCC(O)CO.OCC(O)CO.OCC(O)CO.OCC(O)CO.OCC(O)CO.OCC(O)CO. The van der Waals surface area contributed by atoms with Gasteiger partial charge >= 0.3 is 5.97 Å². The van der Waals surface area contributed by atoms with Gasteiger partial charge in [0, 0.05) is 0 Å². The summed E-state index contributed by atoms with van der Waals surface area (Å²) in [6.07, 6.45) is -2.01. The molecule has 0 aromatic carbocycles. The van der Waals surface area contributed by atoms with E-state index < -0.39 is 42.6 Å². The Balaban J connectivity index is -0.0000000780. The molecule has 20 nitrogen and oxygen atoms in total. The van der Waals surface area contributed by atoms with E-state index in [9.17, 15) is 4.79 Å². The van der Waals surface area contributed by atoms with Crippen LogP contribution in [0.1, 0.15) is 39.5 Å². The molecule has 0 rings (SSSR count). The lowest BCUT2D eigenvalue weighted by molar-refractivity contribution is -0.142. The summed E-state index contributed by atoms with van der Waals surface area (Å²) in [4.78, 5) is 10.4. The number of carboxylic acid groups (broad SMARTS) is 1. The van der Waals surface area contributed by atoms with Crippen LogP contribution in [-0.2, 0) is 4.79 Å². The zero-order valence-electron chi connectivity index (χ0n) is 26.8. The smallest absolute Gasteiger partial charge is 0.306 e. The van der Waals surface area contributed by atoms with E-state index in [1.165, 1.54) is 0 Å². The first-order valence-corrected chi connectivity index (χ1v) is 14.2. The minimum atomic E-state index is -0.954. The predicted octanol–water partition coefficient (Wildman–Crippen LogP) is -7.72. The highest BCUT2D eigenvalue weighted by Crippen LogP contribution is 2.11. The fourth-order valence-corrected chi connectivity index (χ4v) is 1.30. The van der Waals surface area contributed by atoms with Crippen molar-refractivity contribution in [2.24, 2.45) is 5.92 Å². The van der Waals surface area contributed by atoms with Crippen molar-refractivity contribution >= 4 is 5.97 Å². The van der Waals surface area contributed by atoms with Crippen LogP contribution in [0.25, 0.3) is 0 Å². The highest BCUT2D eigenvalue weighted by molar-refractivity contribution is 5.69. The molecule has 1 unspecified atom stereocenters. The lowest BCUT2D eigenvalue weighted by Gasteiger charge is -2.06. The standard InChI is InChI=1S/C8H16O2.6C3H8O3/c1-3-5-6-7(4-2)8(9)10;6*4-1-3(6)2-5/h7H,3-6H2,1-2H3,(H,9,10);6*3-6H,1-2H2. The van der Waals surface area contributed by atoms with E-state index in [4.69, 9.17) is 97.0 Å². The molecule has 0 aliphatic carbocycles. The van der Waals surface area contributed by atoms with E-state index in [1.807, 2.05) is 6.92 Å². The van der Waals surface area contributed by atoms with Crippen molar-refractivity contribution in [2.75, 3.05) is 79.3 Å². The Bertz CT molecular complexity index is 407. The molecule has 46 heavy (non-hydrogen) atoms. The first-order valence-electron chi connectivity index (χ1n) is 14.2. The average Bonchev–Trinajstić information content (AvgIpc) is 3.10. The van der Waals surface area contributed by atoms with Crippen LogP contribution in [-0.4, -0.2) is 219 Å². The maximum absolute atomic E-state index is 10.4. The Morgan fingerprint density at radius 3 is 0.652 bits per heavy atom. The molecule has 0 amide bonds. The summed E-state index contributed by atoms with van der Waals surface area (Å²) >= 11 is 0. The molecule has 19 N–H and O–H groups in total. The number of carboxylic acids is 1. The molecule has 288 valence electrons. The molecule has 20 heteroatoms. The maximum atomic E-state index is 10.4. The van der Waals surface area contributed by atoms with E-state index in [0.717, 1.165) is 25.7 Å². The highest BCUT2D eigenvalue weighted by atomic mass is 16.4. The zero-order chi connectivity index (χ0) is 37.9. The minimum Gasteiger partial charge on any atom is -0.481 e. The van der Waals surface area contributed by atoms with Crippen LogP contribution in [0.4, 0.5) is 0 Å². The molecule has 0 aliphatic rings. The lowest BCUT2D eigenvalue weighted by Crippen LogP contribution is -2.15. The summed E-state index contributed by atoms with van der Waals surface area (Å²) in [6, 6.07) is 0. The minimum absolute atomic E-state index is 0.111. The molecule has 0 radical (unpaired) electrons. The molecule has 0 saturated heterocycles. The van der Waals surface area contributed by atoms with Gasteiger partial charge in [-0.15, -0.1) is 0 Å². The number of rotatable bonds is 17. The van der Waals surface area contributed by atoms with Crippen molar-refractivity contribution in [1.29, 1.82) is 0 Å². The third-order valence-corrected chi connectivity index (χ3v) is 4.28. The Morgan fingerprint density at radius 1 is 0.413 bits per heavy atom. The molecule has 0 aromatic heterocycles. The summed E-state index contributed by atoms with van der Waals surface area (Å²) in [5, 5.41) is 153. The van der Waals surface area contributed by atoms with Crippen LogP contribution in [0.2, 0.25) is 0 Å². The Hall–Kier alpha value is -1.25. The van der Waals surface area contributed by atoms with Crippen molar-refractivity contribution in [3.63, 3.8) is 0 Å².